The standard InChI is InChI=1S/C30H30N4O2/c1-18-11-19(2)25(20(3)12-18)15-36-26-10-9-21(13-27(26)35-4)28-23-8-6-5-7-22(23)24(14-31)29(34)30(28,16-32)17-33/h7,9-13,23,28H,5-6,8,15,34H2,1-4H3. The molecule has 2 atom stereocenters. The van der Waals surface area contributed by atoms with Gasteiger partial charge in [0.05, 0.1) is 30.5 Å². The lowest BCUT2D eigenvalue weighted by Crippen LogP contribution is -2.42. The first kappa shape index (κ1) is 24.9. The first-order valence-corrected chi connectivity index (χ1v) is 12.1. The normalized spacial score (nSPS) is 20.3. The van der Waals surface area contributed by atoms with E-state index in [1.807, 2.05) is 24.3 Å². The summed E-state index contributed by atoms with van der Waals surface area (Å²) >= 11 is 0. The fraction of sp³-hybridized carbons (Fsp3) is 0.367. The number of allylic oxidation sites excluding steroid dienone is 4. The Kier molecular flexibility index (Phi) is 6.78. The number of aryl methyl sites for hydroxylation is 3. The molecule has 0 spiro atoms. The molecule has 0 saturated carbocycles. The van der Waals surface area contributed by atoms with Crippen LogP contribution in [-0.4, -0.2) is 7.11 Å². The van der Waals surface area contributed by atoms with Gasteiger partial charge in [-0.2, -0.15) is 15.8 Å². The number of nitrogens with two attached hydrogens (primary N) is 1. The molecule has 0 radical (unpaired) electrons. The molecular weight excluding hydrogens is 448 g/mol. The smallest absolute Gasteiger partial charge is 0.191 e. The van der Waals surface area contributed by atoms with Gasteiger partial charge in [0.1, 0.15) is 12.7 Å². The van der Waals surface area contributed by atoms with Crippen LogP contribution in [0.5, 0.6) is 11.5 Å². The quantitative estimate of drug-likeness (QED) is 0.581. The van der Waals surface area contributed by atoms with Crippen molar-refractivity contribution in [2.75, 3.05) is 7.11 Å². The molecule has 0 aromatic heterocycles. The van der Waals surface area contributed by atoms with E-state index in [0.717, 1.165) is 36.0 Å². The third-order valence-corrected chi connectivity index (χ3v) is 7.56. The molecule has 2 aromatic carbocycles. The minimum absolute atomic E-state index is 0.0361. The highest BCUT2D eigenvalue weighted by atomic mass is 16.5. The van der Waals surface area contributed by atoms with Crippen molar-refractivity contribution in [1.82, 2.24) is 0 Å². The highest BCUT2D eigenvalue weighted by Crippen LogP contribution is 2.56. The molecule has 0 amide bonds. The molecule has 0 saturated heterocycles. The number of hydrogen-bond donors (Lipinski definition) is 1. The molecule has 0 bridgehead atoms. The van der Waals surface area contributed by atoms with Crippen LogP contribution >= 0.6 is 0 Å². The van der Waals surface area contributed by atoms with Crippen LogP contribution in [0.25, 0.3) is 0 Å². The van der Waals surface area contributed by atoms with Crippen molar-refractivity contribution < 1.29 is 9.47 Å². The van der Waals surface area contributed by atoms with Crippen LogP contribution in [0, 0.1) is 66.1 Å². The van der Waals surface area contributed by atoms with Gasteiger partial charge in [0, 0.05) is 5.92 Å². The van der Waals surface area contributed by atoms with Crippen molar-refractivity contribution in [3.05, 3.63) is 81.1 Å². The second-order valence-corrected chi connectivity index (χ2v) is 9.68. The van der Waals surface area contributed by atoms with Gasteiger partial charge < -0.3 is 15.2 Å². The topological polar surface area (TPSA) is 116 Å². The fourth-order valence-corrected chi connectivity index (χ4v) is 5.83. The van der Waals surface area contributed by atoms with E-state index < -0.39 is 11.3 Å². The molecule has 2 aliphatic rings. The van der Waals surface area contributed by atoms with Gasteiger partial charge in [-0.1, -0.05) is 29.8 Å². The number of rotatable bonds is 5. The number of ether oxygens (including phenoxy) is 2. The summed E-state index contributed by atoms with van der Waals surface area (Å²) in [5.74, 6) is 0.418. The van der Waals surface area contributed by atoms with Gasteiger partial charge >= 0.3 is 0 Å². The maximum atomic E-state index is 10.2. The van der Waals surface area contributed by atoms with Crippen molar-refractivity contribution in [2.45, 2.75) is 52.6 Å². The van der Waals surface area contributed by atoms with E-state index in [0.29, 0.717) is 18.1 Å². The van der Waals surface area contributed by atoms with Crippen molar-refractivity contribution in [2.24, 2.45) is 17.1 Å². The molecule has 4 rings (SSSR count). The Bertz CT molecular complexity index is 1360. The molecule has 2 aliphatic carbocycles. The van der Waals surface area contributed by atoms with E-state index in [1.54, 1.807) is 7.11 Å². The lowest BCUT2D eigenvalue weighted by molar-refractivity contribution is 0.281. The molecule has 36 heavy (non-hydrogen) atoms. The molecular formula is C30H30N4O2. The summed E-state index contributed by atoms with van der Waals surface area (Å²) in [6.07, 6.45) is 4.57. The monoisotopic (exact) mass is 478 g/mol. The van der Waals surface area contributed by atoms with Gasteiger partial charge in [-0.05, 0) is 85.9 Å². The number of benzene rings is 2. The number of nitriles is 3. The molecule has 6 heteroatoms. The summed E-state index contributed by atoms with van der Waals surface area (Å²) in [7, 11) is 1.57. The zero-order chi connectivity index (χ0) is 26.0. The predicted molar refractivity (Wildman–Crippen MR) is 137 cm³/mol. The Balaban J connectivity index is 1.76. The van der Waals surface area contributed by atoms with Gasteiger partial charge in [-0.25, -0.2) is 0 Å². The maximum absolute atomic E-state index is 10.2. The van der Waals surface area contributed by atoms with Gasteiger partial charge in [0.2, 0.25) is 0 Å². The Hall–Kier alpha value is -4.21. The van der Waals surface area contributed by atoms with E-state index in [9.17, 15) is 15.8 Å². The number of fused-ring (bicyclic) bond motifs is 1. The molecule has 0 fully saturated rings. The van der Waals surface area contributed by atoms with Crippen LogP contribution in [0.15, 0.2) is 53.3 Å². The average Bonchev–Trinajstić information content (AvgIpc) is 2.87. The summed E-state index contributed by atoms with van der Waals surface area (Å²) in [4.78, 5) is 0. The summed E-state index contributed by atoms with van der Waals surface area (Å²) in [5, 5.41) is 30.3. The van der Waals surface area contributed by atoms with E-state index in [4.69, 9.17) is 15.2 Å². The van der Waals surface area contributed by atoms with Gasteiger partial charge in [-0.15, -0.1) is 0 Å². The maximum Gasteiger partial charge on any atom is 0.191 e. The number of methoxy groups -OCH3 is 1. The summed E-state index contributed by atoms with van der Waals surface area (Å²) in [6.45, 7) is 6.63. The second kappa shape index (κ2) is 9.80. The SMILES string of the molecule is COc1cc(C2C3CCCC=C3C(C#N)=C(N)C2(C#N)C#N)ccc1OCc1c(C)cc(C)cc1C. The van der Waals surface area contributed by atoms with Crippen molar-refractivity contribution in [3.63, 3.8) is 0 Å². The van der Waals surface area contributed by atoms with Crippen LogP contribution in [0.3, 0.4) is 0 Å². The lowest BCUT2D eigenvalue weighted by Gasteiger charge is -2.43. The fourth-order valence-electron chi connectivity index (χ4n) is 5.83. The third kappa shape index (κ3) is 3.98. The van der Waals surface area contributed by atoms with Gasteiger partial charge in [0.25, 0.3) is 0 Å². The zero-order valence-electron chi connectivity index (χ0n) is 21.2. The summed E-state index contributed by atoms with van der Waals surface area (Å²) < 4.78 is 11.9. The van der Waals surface area contributed by atoms with E-state index >= 15 is 0 Å². The lowest BCUT2D eigenvalue weighted by atomic mass is 9.57. The third-order valence-electron chi connectivity index (χ3n) is 7.56. The first-order valence-electron chi connectivity index (χ1n) is 12.1. The van der Waals surface area contributed by atoms with E-state index in [-0.39, 0.29) is 17.2 Å². The van der Waals surface area contributed by atoms with Crippen LogP contribution in [0.4, 0.5) is 0 Å². The molecule has 2 N–H and O–H groups in total. The largest absolute Gasteiger partial charge is 0.493 e. The highest BCUT2D eigenvalue weighted by molar-refractivity contribution is 5.60. The van der Waals surface area contributed by atoms with Crippen LogP contribution in [-0.2, 0) is 6.61 Å². The Morgan fingerprint density at radius 1 is 1.03 bits per heavy atom. The number of hydrogen-bond acceptors (Lipinski definition) is 6. The van der Waals surface area contributed by atoms with Crippen molar-refractivity contribution >= 4 is 0 Å². The molecule has 2 unspecified atom stereocenters. The number of nitrogens with zero attached hydrogens (tertiary/aromatic N) is 3. The average molecular weight is 479 g/mol. The Labute approximate surface area is 212 Å². The second-order valence-electron chi connectivity index (χ2n) is 9.68. The van der Waals surface area contributed by atoms with Crippen LogP contribution in [0.1, 0.15) is 53.0 Å². The highest BCUT2D eigenvalue weighted by Gasteiger charge is 2.53. The van der Waals surface area contributed by atoms with Gasteiger partial charge in [0.15, 0.2) is 16.9 Å². The minimum atomic E-state index is -1.64. The molecule has 6 nitrogen and oxygen atoms in total. The first-order chi connectivity index (χ1) is 17.3. The molecule has 182 valence electrons. The molecule has 0 heterocycles. The van der Waals surface area contributed by atoms with Crippen molar-refractivity contribution in [3.8, 4) is 29.7 Å². The Morgan fingerprint density at radius 3 is 2.33 bits per heavy atom. The predicted octanol–water partition coefficient (Wildman–Crippen LogP) is 5.79. The minimum Gasteiger partial charge on any atom is -0.493 e. The van der Waals surface area contributed by atoms with Gasteiger partial charge in [-0.3, -0.25) is 0 Å². The van der Waals surface area contributed by atoms with Crippen LogP contribution < -0.4 is 15.2 Å². The molecule has 2 aromatic rings. The summed E-state index contributed by atoms with van der Waals surface area (Å²) in [6, 6.07) is 16.4. The summed E-state index contributed by atoms with van der Waals surface area (Å²) in [5.41, 5.74) is 11.4. The Morgan fingerprint density at radius 2 is 1.72 bits per heavy atom. The van der Waals surface area contributed by atoms with Crippen LogP contribution in [0.2, 0.25) is 0 Å². The van der Waals surface area contributed by atoms with E-state index in [1.165, 1.54) is 16.7 Å². The molecule has 0 aliphatic heterocycles. The van der Waals surface area contributed by atoms with Crippen molar-refractivity contribution in [1.29, 1.82) is 15.8 Å². The zero-order valence-corrected chi connectivity index (χ0v) is 21.2. The van der Waals surface area contributed by atoms with E-state index in [2.05, 4.69) is 51.1 Å².